The van der Waals surface area contributed by atoms with E-state index in [0.717, 1.165) is 0 Å². The van der Waals surface area contributed by atoms with Crippen LogP contribution in [0.15, 0.2) is 10.9 Å². The van der Waals surface area contributed by atoms with E-state index in [9.17, 15) is 9.59 Å². The first kappa shape index (κ1) is 14.2. The Kier molecular flexibility index (Phi) is 4.88. The normalized spacial score (nSPS) is 10.5. The molecule has 0 radical (unpaired) electrons. The summed E-state index contributed by atoms with van der Waals surface area (Å²) in [6.07, 6.45) is 0. The fourth-order valence-corrected chi connectivity index (χ4v) is 1.62. The van der Waals surface area contributed by atoms with Gasteiger partial charge in [0.05, 0.1) is 6.54 Å². The minimum Gasteiger partial charge on any atom is -0.352 e. The van der Waals surface area contributed by atoms with Crippen molar-refractivity contribution in [1.29, 1.82) is 0 Å². The summed E-state index contributed by atoms with van der Waals surface area (Å²) in [5.74, 6) is 0.990. The average Bonchev–Trinajstić information content (AvgIpc) is 2.23. The van der Waals surface area contributed by atoms with Crippen LogP contribution in [0.1, 0.15) is 26.6 Å². The van der Waals surface area contributed by atoms with E-state index >= 15 is 0 Å². The number of carbonyl (C=O) groups excluding carboxylic acids is 1. The first-order valence-electron chi connectivity index (χ1n) is 6.04. The van der Waals surface area contributed by atoms with E-state index in [1.165, 1.54) is 6.07 Å². The minimum atomic E-state index is -0.208. The molecule has 0 aliphatic rings. The topological polar surface area (TPSA) is 78.1 Å². The zero-order chi connectivity index (χ0) is 13.7. The Labute approximate surface area is 106 Å². The smallest absolute Gasteiger partial charge is 0.252 e. The predicted molar refractivity (Wildman–Crippen MR) is 70.8 cm³/mol. The van der Waals surface area contributed by atoms with Crippen molar-refractivity contribution in [2.45, 2.75) is 33.7 Å². The molecule has 1 amide bonds. The van der Waals surface area contributed by atoms with Crippen LogP contribution < -0.4 is 15.8 Å². The Bertz CT molecular complexity index is 467. The molecular weight excluding hydrogens is 232 g/mol. The first-order chi connectivity index (χ1) is 8.42. The maximum atomic E-state index is 11.7. The summed E-state index contributed by atoms with van der Waals surface area (Å²) in [5.41, 5.74) is -0.208. The van der Waals surface area contributed by atoms with E-state index in [1.807, 2.05) is 20.8 Å². The van der Waals surface area contributed by atoms with Crippen molar-refractivity contribution in [2.24, 2.45) is 0 Å². The number of H-pyrrole nitrogens is 1. The Hall–Kier alpha value is -1.85. The monoisotopic (exact) mass is 252 g/mol. The third-order valence-corrected chi connectivity index (χ3v) is 2.34. The van der Waals surface area contributed by atoms with E-state index in [4.69, 9.17) is 0 Å². The van der Waals surface area contributed by atoms with Crippen molar-refractivity contribution in [3.8, 4) is 0 Å². The summed E-state index contributed by atoms with van der Waals surface area (Å²) in [7, 11) is 0. The number of likely N-dealkylation sites (N-methyl/N-ethyl adjacent to an activating group) is 1. The molecule has 0 fully saturated rings. The summed E-state index contributed by atoms with van der Waals surface area (Å²) >= 11 is 0. The molecule has 1 heterocycles. The van der Waals surface area contributed by atoms with Gasteiger partial charge in [0.25, 0.3) is 5.56 Å². The lowest BCUT2D eigenvalue weighted by atomic mass is 10.3. The van der Waals surface area contributed by atoms with Gasteiger partial charge in [0.1, 0.15) is 11.6 Å². The van der Waals surface area contributed by atoms with Crippen molar-refractivity contribution in [3.63, 3.8) is 0 Å². The van der Waals surface area contributed by atoms with Crippen LogP contribution in [0.4, 0.5) is 5.82 Å². The fraction of sp³-hybridized carbons (Fsp3) is 0.583. The van der Waals surface area contributed by atoms with E-state index in [1.54, 1.807) is 11.8 Å². The van der Waals surface area contributed by atoms with E-state index < -0.39 is 0 Å². The highest BCUT2D eigenvalue weighted by atomic mass is 16.2. The molecule has 0 aliphatic heterocycles. The number of carbonyl (C=O) groups is 1. The van der Waals surface area contributed by atoms with Crippen LogP contribution in [-0.4, -0.2) is 35.0 Å². The molecule has 100 valence electrons. The van der Waals surface area contributed by atoms with Crippen LogP contribution in [0.25, 0.3) is 0 Å². The third-order valence-electron chi connectivity index (χ3n) is 2.34. The van der Waals surface area contributed by atoms with Crippen LogP contribution in [-0.2, 0) is 4.79 Å². The molecule has 6 heteroatoms. The Morgan fingerprint density at radius 2 is 2.22 bits per heavy atom. The molecule has 0 bridgehead atoms. The summed E-state index contributed by atoms with van der Waals surface area (Å²) in [6.45, 7) is 8.26. The van der Waals surface area contributed by atoms with Gasteiger partial charge in [-0.25, -0.2) is 4.98 Å². The second-order valence-corrected chi connectivity index (χ2v) is 4.43. The number of hydrogen-bond donors (Lipinski definition) is 2. The quantitative estimate of drug-likeness (QED) is 0.796. The number of anilines is 1. The predicted octanol–water partition coefficient (Wildman–Crippen LogP) is 0.429. The molecule has 0 aliphatic carbocycles. The van der Waals surface area contributed by atoms with Gasteiger partial charge in [0.15, 0.2) is 0 Å². The van der Waals surface area contributed by atoms with Gasteiger partial charge in [-0.2, -0.15) is 0 Å². The molecule has 0 atom stereocenters. The molecule has 0 spiro atoms. The highest BCUT2D eigenvalue weighted by Gasteiger charge is 2.12. The van der Waals surface area contributed by atoms with Crippen LogP contribution in [0.2, 0.25) is 0 Å². The molecule has 1 aromatic rings. The summed E-state index contributed by atoms with van der Waals surface area (Å²) in [6, 6.07) is 1.50. The number of aryl methyl sites for hydroxylation is 1. The third kappa shape index (κ3) is 4.20. The van der Waals surface area contributed by atoms with Gasteiger partial charge >= 0.3 is 0 Å². The van der Waals surface area contributed by atoms with E-state index in [2.05, 4.69) is 15.3 Å². The summed E-state index contributed by atoms with van der Waals surface area (Å²) in [4.78, 5) is 31.6. The number of hydrogen-bond acceptors (Lipinski definition) is 4. The molecule has 0 saturated heterocycles. The Morgan fingerprint density at radius 3 is 2.72 bits per heavy atom. The van der Waals surface area contributed by atoms with Gasteiger partial charge in [-0.15, -0.1) is 0 Å². The van der Waals surface area contributed by atoms with Crippen molar-refractivity contribution in [1.82, 2.24) is 15.3 Å². The second kappa shape index (κ2) is 6.18. The van der Waals surface area contributed by atoms with Gasteiger partial charge in [0, 0.05) is 18.7 Å². The van der Waals surface area contributed by atoms with E-state index in [0.29, 0.717) is 18.2 Å². The zero-order valence-corrected chi connectivity index (χ0v) is 11.3. The van der Waals surface area contributed by atoms with Crippen molar-refractivity contribution >= 4 is 11.7 Å². The van der Waals surface area contributed by atoms with Crippen molar-refractivity contribution in [2.75, 3.05) is 18.0 Å². The van der Waals surface area contributed by atoms with Gasteiger partial charge in [-0.05, 0) is 27.7 Å². The molecule has 6 nitrogen and oxygen atoms in total. The molecule has 1 aromatic heterocycles. The van der Waals surface area contributed by atoms with Crippen LogP contribution in [0.5, 0.6) is 0 Å². The largest absolute Gasteiger partial charge is 0.352 e. The van der Waals surface area contributed by atoms with E-state index in [-0.39, 0.29) is 24.1 Å². The molecule has 2 N–H and O–H groups in total. The molecular formula is C12H20N4O2. The molecule has 0 unspecified atom stereocenters. The zero-order valence-electron chi connectivity index (χ0n) is 11.3. The lowest BCUT2D eigenvalue weighted by Crippen LogP contribution is -2.40. The second-order valence-electron chi connectivity index (χ2n) is 4.43. The number of nitrogens with one attached hydrogen (secondary N) is 2. The van der Waals surface area contributed by atoms with Crippen LogP contribution in [0.3, 0.4) is 0 Å². The lowest BCUT2D eigenvalue weighted by Gasteiger charge is -2.22. The number of amides is 1. The van der Waals surface area contributed by atoms with Gasteiger partial charge < -0.3 is 15.2 Å². The lowest BCUT2D eigenvalue weighted by molar-refractivity contribution is -0.120. The highest BCUT2D eigenvalue weighted by Crippen LogP contribution is 2.06. The summed E-state index contributed by atoms with van der Waals surface area (Å²) in [5, 5.41) is 2.81. The maximum absolute atomic E-state index is 11.7. The van der Waals surface area contributed by atoms with Crippen LogP contribution >= 0.6 is 0 Å². The summed E-state index contributed by atoms with van der Waals surface area (Å²) < 4.78 is 0. The maximum Gasteiger partial charge on any atom is 0.252 e. The first-order valence-corrected chi connectivity index (χ1v) is 6.04. The van der Waals surface area contributed by atoms with Crippen molar-refractivity contribution < 1.29 is 4.79 Å². The number of rotatable bonds is 5. The molecule has 18 heavy (non-hydrogen) atoms. The standard InChI is InChI=1S/C12H20N4O2/c1-5-16(7-12(18)13-8(2)3)10-6-11(17)15-9(4)14-10/h6,8H,5,7H2,1-4H3,(H,13,18)(H,14,15,17). The molecule has 0 aromatic carbocycles. The van der Waals surface area contributed by atoms with Gasteiger partial charge in [-0.3, -0.25) is 9.59 Å². The Balaban J connectivity index is 2.83. The fourth-order valence-electron chi connectivity index (χ4n) is 1.62. The van der Waals surface area contributed by atoms with Gasteiger partial charge in [-0.1, -0.05) is 0 Å². The number of aromatic amines is 1. The van der Waals surface area contributed by atoms with Crippen LogP contribution in [0, 0.1) is 6.92 Å². The van der Waals surface area contributed by atoms with Crippen molar-refractivity contribution in [3.05, 3.63) is 22.2 Å². The average molecular weight is 252 g/mol. The SMILES string of the molecule is CCN(CC(=O)NC(C)C)c1cc(=O)[nH]c(C)n1. The van der Waals surface area contributed by atoms with Gasteiger partial charge in [0.2, 0.25) is 5.91 Å². The number of nitrogens with zero attached hydrogens (tertiary/aromatic N) is 2. The minimum absolute atomic E-state index is 0.0772. The Morgan fingerprint density at radius 1 is 1.56 bits per heavy atom. The molecule has 0 saturated carbocycles. The molecule has 1 rings (SSSR count). The highest BCUT2D eigenvalue weighted by molar-refractivity contribution is 5.81. The number of aromatic nitrogens is 2.